The monoisotopic (exact) mass is 261 g/mol. The number of fused-ring (bicyclic) bond motifs is 2. The van der Waals surface area contributed by atoms with E-state index in [4.69, 9.17) is 0 Å². The Morgan fingerprint density at radius 2 is 2.10 bits per heavy atom. The van der Waals surface area contributed by atoms with E-state index in [1.165, 1.54) is 5.39 Å². The summed E-state index contributed by atoms with van der Waals surface area (Å²) in [6, 6.07) is 17.3. The molecule has 3 heteroatoms. The SMILES string of the molecule is CN1C(=O)Cc2cc(-n3ccc4cc[c]cc43)ccc21. The Balaban J connectivity index is 1.88. The van der Waals surface area contributed by atoms with Gasteiger partial charge in [0.25, 0.3) is 0 Å². The van der Waals surface area contributed by atoms with Gasteiger partial charge in [-0.15, -0.1) is 0 Å². The van der Waals surface area contributed by atoms with Gasteiger partial charge < -0.3 is 9.47 Å². The summed E-state index contributed by atoms with van der Waals surface area (Å²) in [5, 5.41) is 1.19. The third-order valence-corrected chi connectivity index (χ3v) is 3.96. The molecule has 4 rings (SSSR count). The molecule has 0 N–H and O–H groups in total. The molecular weight excluding hydrogens is 248 g/mol. The summed E-state index contributed by atoms with van der Waals surface area (Å²) >= 11 is 0. The van der Waals surface area contributed by atoms with Gasteiger partial charge in [-0.25, -0.2) is 0 Å². The first kappa shape index (κ1) is 11.3. The molecule has 0 spiro atoms. The molecule has 0 bridgehead atoms. The van der Waals surface area contributed by atoms with Crippen LogP contribution in [0.3, 0.4) is 0 Å². The Hall–Kier alpha value is -2.55. The summed E-state index contributed by atoms with van der Waals surface area (Å²) in [5.74, 6) is 0.155. The molecule has 1 aliphatic rings. The van der Waals surface area contributed by atoms with Gasteiger partial charge >= 0.3 is 0 Å². The Labute approximate surface area is 117 Å². The van der Waals surface area contributed by atoms with Crippen molar-refractivity contribution in [2.75, 3.05) is 11.9 Å². The molecule has 1 aliphatic heterocycles. The van der Waals surface area contributed by atoms with Gasteiger partial charge in [0.2, 0.25) is 5.91 Å². The quantitative estimate of drug-likeness (QED) is 0.661. The first-order valence-electron chi connectivity index (χ1n) is 6.61. The van der Waals surface area contributed by atoms with E-state index in [2.05, 4.69) is 41.1 Å². The van der Waals surface area contributed by atoms with Crippen LogP contribution >= 0.6 is 0 Å². The van der Waals surface area contributed by atoms with E-state index in [1.807, 2.05) is 25.2 Å². The average Bonchev–Trinajstić information content (AvgIpc) is 3.01. The third-order valence-electron chi connectivity index (χ3n) is 3.96. The molecule has 0 aliphatic carbocycles. The zero-order chi connectivity index (χ0) is 13.7. The van der Waals surface area contributed by atoms with Crippen molar-refractivity contribution in [3.8, 4) is 5.69 Å². The van der Waals surface area contributed by atoms with Gasteiger partial charge in [0.05, 0.1) is 11.9 Å². The first-order valence-corrected chi connectivity index (χ1v) is 6.61. The van der Waals surface area contributed by atoms with Crippen LogP contribution in [-0.2, 0) is 11.2 Å². The first-order chi connectivity index (χ1) is 9.74. The zero-order valence-electron chi connectivity index (χ0n) is 11.1. The van der Waals surface area contributed by atoms with Crippen molar-refractivity contribution in [2.45, 2.75) is 6.42 Å². The van der Waals surface area contributed by atoms with Crippen LogP contribution in [-0.4, -0.2) is 17.5 Å². The van der Waals surface area contributed by atoms with Crippen molar-refractivity contribution in [1.82, 2.24) is 4.57 Å². The van der Waals surface area contributed by atoms with Crippen molar-refractivity contribution in [3.05, 3.63) is 60.3 Å². The van der Waals surface area contributed by atoms with Crippen molar-refractivity contribution in [3.63, 3.8) is 0 Å². The summed E-state index contributed by atoms with van der Waals surface area (Å²) in [4.78, 5) is 13.5. The summed E-state index contributed by atoms with van der Waals surface area (Å²) in [6.07, 6.45) is 2.55. The molecule has 0 atom stereocenters. The van der Waals surface area contributed by atoms with Crippen LogP contribution in [0.5, 0.6) is 0 Å². The average molecular weight is 261 g/mol. The number of benzene rings is 2. The lowest BCUT2D eigenvalue weighted by Crippen LogP contribution is -2.20. The second kappa shape index (κ2) is 3.97. The fourth-order valence-corrected chi connectivity index (χ4v) is 2.85. The van der Waals surface area contributed by atoms with E-state index >= 15 is 0 Å². The zero-order valence-corrected chi connectivity index (χ0v) is 11.1. The van der Waals surface area contributed by atoms with E-state index in [1.54, 1.807) is 4.90 Å². The molecule has 1 amide bonds. The molecule has 0 saturated heterocycles. The maximum atomic E-state index is 11.8. The molecule has 2 heterocycles. The summed E-state index contributed by atoms with van der Waals surface area (Å²) < 4.78 is 2.13. The normalized spacial score (nSPS) is 14.1. The number of amides is 1. The van der Waals surface area contributed by atoms with E-state index in [9.17, 15) is 4.79 Å². The molecular formula is C17H13N2O. The van der Waals surface area contributed by atoms with Crippen molar-refractivity contribution < 1.29 is 4.79 Å². The molecule has 3 aromatic rings. The van der Waals surface area contributed by atoms with Gasteiger partial charge in [-0.3, -0.25) is 4.79 Å². The van der Waals surface area contributed by atoms with E-state index in [-0.39, 0.29) is 5.91 Å². The molecule has 20 heavy (non-hydrogen) atoms. The van der Waals surface area contributed by atoms with Crippen LogP contribution in [0.2, 0.25) is 0 Å². The predicted octanol–water partition coefficient (Wildman–Crippen LogP) is 2.95. The van der Waals surface area contributed by atoms with Crippen molar-refractivity contribution in [2.24, 2.45) is 0 Å². The Morgan fingerprint density at radius 3 is 3.00 bits per heavy atom. The van der Waals surface area contributed by atoms with Crippen LogP contribution in [0.25, 0.3) is 16.6 Å². The minimum absolute atomic E-state index is 0.155. The molecule has 2 aromatic carbocycles. The highest BCUT2D eigenvalue weighted by atomic mass is 16.2. The van der Waals surface area contributed by atoms with Gasteiger partial charge in [-0.05, 0) is 47.3 Å². The minimum atomic E-state index is 0.155. The molecule has 1 aromatic heterocycles. The number of carbonyl (C=O) groups excluding carboxylic acids is 1. The standard InChI is InChI=1S/C17H13N2O/c1-18-15-7-6-14(10-13(15)11-17(18)20)19-9-8-12-4-2-3-5-16(12)19/h2,4-10H,11H2,1H3. The Bertz CT molecular complexity index is 832. The Morgan fingerprint density at radius 1 is 1.20 bits per heavy atom. The summed E-state index contributed by atoms with van der Waals surface area (Å²) in [5.41, 5.74) is 4.32. The number of aromatic nitrogens is 1. The largest absolute Gasteiger partial charge is 0.317 e. The number of hydrogen-bond acceptors (Lipinski definition) is 1. The van der Waals surface area contributed by atoms with Gasteiger partial charge in [0.15, 0.2) is 0 Å². The highest BCUT2D eigenvalue weighted by Crippen LogP contribution is 2.30. The maximum Gasteiger partial charge on any atom is 0.231 e. The van der Waals surface area contributed by atoms with E-state index in [0.717, 1.165) is 22.5 Å². The number of rotatable bonds is 1. The minimum Gasteiger partial charge on any atom is -0.317 e. The van der Waals surface area contributed by atoms with Crippen molar-refractivity contribution >= 4 is 22.5 Å². The molecule has 1 radical (unpaired) electrons. The van der Waals surface area contributed by atoms with Gasteiger partial charge in [0.1, 0.15) is 0 Å². The lowest BCUT2D eigenvalue weighted by molar-refractivity contribution is -0.117. The predicted molar refractivity (Wildman–Crippen MR) is 79.2 cm³/mol. The molecule has 0 unspecified atom stereocenters. The second-order valence-corrected chi connectivity index (χ2v) is 5.11. The van der Waals surface area contributed by atoms with Crippen LogP contribution in [0.15, 0.2) is 48.7 Å². The van der Waals surface area contributed by atoms with Gasteiger partial charge in [-0.1, -0.05) is 12.1 Å². The second-order valence-electron chi connectivity index (χ2n) is 5.11. The van der Waals surface area contributed by atoms with Crippen molar-refractivity contribution in [1.29, 1.82) is 0 Å². The summed E-state index contributed by atoms with van der Waals surface area (Å²) in [6.45, 7) is 0. The lowest BCUT2D eigenvalue weighted by Gasteiger charge is -2.11. The highest BCUT2D eigenvalue weighted by molar-refractivity contribution is 6.01. The van der Waals surface area contributed by atoms with Crippen LogP contribution in [0.1, 0.15) is 5.56 Å². The number of anilines is 1. The lowest BCUT2D eigenvalue weighted by atomic mass is 10.1. The van der Waals surface area contributed by atoms with E-state index in [0.29, 0.717) is 6.42 Å². The fourth-order valence-electron chi connectivity index (χ4n) is 2.85. The summed E-state index contributed by atoms with van der Waals surface area (Å²) in [7, 11) is 1.83. The van der Waals surface area contributed by atoms with Crippen LogP contribution in [0.4, 0.5) is 5.69 Å². The number of nitrogens with zero attached hydrogens (tertiary/aromatic N) is 2. The van der Waals surface area contributed by atoms with Gasteiger partial charge in [0, 0.05) is 24.6 Å². The molecule has 3 nitrogen and oxygen atoms in total. The number of hydrogen-bond donors (Lipinski definition) is 0. The molecule has 97 valence electrons. The third kappa shape index (κ3) is 1.50. The highest BCUT2D eigenvalue weighted by Gasteiger charge is 2.24. The Kier molecular flexibility index (Phi) is 2.24. The number of carbonyl (C=O) groups is 1. The fraction of sp³-hybridized carbons (Fsp3) is 0.118. The molecule has 0 fully saturated rings. The van der Waals surface area contributed by atoms with Crippen LogP contribution < -0.4 is 4.90 Å². The molecule has 0 saturated carbocycles. The smallest absolute Gasteiger partial charge is 0.231 e. The topological polar surface area (TPSA) is 25.2 Å². The van der Waals surface area contributed by atoms with Gasteiger partial charge in [-0.2, -0.15) is 0 Å². The van der Waals surface area contributed by atoms with Crippen LogP contribution in [0, 0.1) is 6.07 Å². The maximum absolute atomic E-state index is 11.8. The number of likely N-dealkylation sites (N-methyl/N-ethyl adjacent to an activating group) is 1. The van der Waals surface area contributed by atoms with E-state index < -0.39 is 0 Å².